The maximum Gasteiger partial charge on any atom is 0.192 e. The van der Waals surface area contributed by atoms with Crippen molar-refractivity contribution in [2.75, 3.05) is 6.61 Å². The van der Waals surface area contributed by atoms with Crippen LogP contribution in [-0.4, -0.2) is 14.9 Å². The summed E-state index contributed by atoms with van der Waals surface area (Å²) in [5, 5.41) is 0.278. The molecule has 0 aromatic heterocycles. The molecular formula is C17H26OSi. The van der Waals surface area contributed by atoms with E-state index in [-0.39, 0.29) is 5.04 Å². The number of benzene rings is 1. The second-order valence-corrected chi connectivity index (χ2v) is 11.1. The largest absolute Gasteiger partial charge is 0.413 e. The van der Waals surface area contributed by atoms with Gasteiger partial charge in [-0.2, -0.15) is 0 Å². The molecule has 0 spiro atoms. The van der Waals surface area contributed by atoms with Crippen LogP contribution in [0.3, 0.4) is 0 Å². The second-order valence-electron chi connectivity index (χ2n) is 6.27. The van der Waals surface area contributed by atoms with E-state index >= 15 is 0 Å². The van der Waals surface area contributed by atoms with Crippen LogP contribution in [0.1, 0.15) is 26.3 Å². The van der Waals surface area contributed by atoms with Crippen LogP contribution in [0.4, 0.5) is 0 Å². The average molecular weight is 274 g/mol. The minimum atomic E-state index is -1.60. The van der Waals surface area contributed by atoms with Gasteiger partial charge >= 0.3 is 0 Å². The lowest BCUT2D eigenvalue weighted by Gasteiger charge is -2.35. The molecule has 0 amide bonds. The van der Waals surface area contributed by atoms with Crippen molar-refractivity contribution < 1.29 is 4.43 Å². The molecule has 0 radical (unpaired) electrons. The first-order valence-electron chi connectivity index (χ1n) is 6.85. The maximum absolute atomic E-state index is 6.06. The minimum absolute atomic E-state index is 0.278. The SMILES string of the molecule is CC(C)(C)[Si](C)(C)OC/C=C/C=C/c1ccccc1. The van der Waals surface area contributed by atoms with Gasteiger partial charge in [0.2, 0.25) is 0 Å². The molecule has 0 saturated heterocycles. The predicted octanol–water partition coefficient (Wildman–Crippen LogP) is 5.28. The third-order valence-electron chi connectivity index (χ3n) is 3.68. The molecule has 104 valence electrons. The van der Waals surface area contributed by atoms with Crippen LogP contribution in [-0.2, 0) is 4.43 Å². The highest BCUT2D eigenvalue weighted by Crippen LogP contribution is 2.36. The van der Waals surface area contributed by atoms with Crippen molar-refractivity contribution in [2.45, 2.75) is 38.9 Å². The monoisotopic (exact) mass is 274 g/mol. The Labute approximate surface area is 119 Å². The molecule has 1 aromatic carbocycles. The summed E-state index contributed by atoms with van der Waals surface area (Å²) < 4.78 is 6.06. The molecule has 0 aliphatic heterocycles. The number of hydrogen-bond acceptors (Lipinski definition) is 1. The standard InChI is InChI=1S/C17H26OSi/c1-17(2,3)19(4,5)18-15-11-7-10-14-16-12-8-6-9-13-16/h6-14H,15H2,1-5H3/b11-7+,14-10+. The molecule has 0 aliphatic rings. The van der Waals surface area contributed by atoms with Crippen molar-refractivity contribution >= 4 is 14.4 Å². The summed E-state index contributed by atoms with van der Waals surface area (Å²) in [6.07, 6.45) is 8.30. The molecule has 0 atom stereocenters. The van der Waals surface area contributed by atoms with Gasteiger partial charge in [0.25, 0.3) is 0 Å². The highest BCUT2D eigenvalue weighted by molar-refractivity contribution is 6.74. The second kappa shape index (κ2) is 6.87. The summed E-state index contributed by atoms with van der Waals surface area (Å²) in [6.45, 7) is 12.0. The van der Waals surface area contributed by atoms with E-state index in [4.69, 9.17) is 4.43 Å². The van der Waals surface area contributed by atoms with Gasteiger partial charge in [0.15, 0.2) is 8.32 Å². The van der Waals surface area contributed by atoms with E-state index in [0.717, 1.165) is 0 Å². The van der Waals surface area contributed by atoms with Gasteiger partial charge in [-0.05, 0) is 23.7 Å². The van der Waals surface area contributed by atoms with Crippen molar-refractivity contribution in [2.24, 2.45) is 0 Å². The van der Waals surface area contributed by atoms with Crippen LogP contribution in [0, 0.1) is 0 Å². The molecule has 0 bridgehead atoms. The summed E-state index contributed by atoms with van der Waals surface area (Å²) >= 11 is 0. The zero-order chi connectivity index (χ0) is 14.4. The molecule has 0 heterocycles. The third kappa shape index (κ3) is 5.58. The van der Waals surface area contributed by atoms with Crippen molar-refractivity contribution in [3.63, 3.8) is 0 Å². The summed E-state index contributed by atoms with van der Waals surface area (Å²) in [7, 11) is -1.60. The van der Waals surface area contributed by atoms with Crippen LogP contribution >= 0.6 is 0 Å². The summed E-state index contributed by atoms with van der Waals surface area (Å²) in [6, 6.07) is 10.3. The molecule has 0 unspecified atom stereocenters. The molecule has 19 heavy (non-hydrogen) atoms. The minimum Gasteiger partial charge on any atom is -0.413 e. The van der Waals surface area contributed by atoms with Gasteiger partial charge in [0.05, 0.1) is 6.61 Å². The Kier molecular flexibility index (Phi) is 5.76. The molecule has 0 aliphatic carbocycles. The van der Waals surface area contributed by atoms with Gasteiger partial charge in [-0.15, -0.1) is 0 Å². The highest BCUT2D eigenvalue weighted by Gasteiger charge is 2.36. The number of hydrogen-bond donors (Lipinski definition) is 0. The van der Waals surface area contributed by atoms with Gasteiger partial charge in [0.1, 0.15) is 0 Å². The van der Waals surface area contributed by atoms with Crippen LogP contribution in [0.2, 0.25) is 18.1 Å². The van der Waals surface area contributed by atoms with Crippen LogP contribution < -0.4 is 0 Å². The van der Waals surface area contributed by atoms with Gasteiger partial charge in [-0.1, -0.05) is 75.4 Å². The maximum atomic E-state index is 6.06. The first kappa shape index (κ1) is 15.9. The van der Waals surface area contributed by atoms with Gasteiger partial charge in [-0.3, -0.25) is 0 Å². The Hall–Kier alpha value is -1.12. The van der Waals surface area contributed by atoms with Crippen molar-refractivity contribution in [3.05, 3.63) is 54.1 Å². The van der Waals surface area contributed by atoms with Crippen molar-refractivity contribution in [1.82, 2.24) is 0 Å². The average Bonchev–Trinajstić information content (AvgIpc) is 2.33. The Balaban J connectivity index is 2.38. The number of allylic oxidation sites excluding steroid dienone is 2. The first-order chi connectivity index (χ1) is 8.83. The Morgan fingerprint density at radius 3 is 2.26 bits per heavy atom. The summed E-state index contributed by atoms with van der Waals surface area (Å²) in [4.78, 5) is 0. The van der Waals surface area contributed by atoms with Crippen molar-refractivity contribution in [1.29, 1.82) is 0 Å². The van der Waals surface area contributed by atoms with E-state index in [9.17, 15) is 0 Å². The molecule has 1 rings (SSSR count). The topological polar surface area (TPSA) is 9.23 Å². The lowest BCUT2D eigenvalue weighted by molar-refractivity contribution is 0.328. The molecule has 0 fully saturated rings. The number of rotatable bonds is 5. The van der Waals surface area contributed by atoms with Crippen LogP contribution in [0.5, 0.6) is 0 Å². The zero-order valence-electron chi connectivity index (χ0n) is 12.8. The summed E-state index contributed by atoms with van der Waals surface area (Å²) in [5.41, 5.74) is 1.22. The van der Waals surface area contributed by atoms with Crippen LogP contribution in [0.25, 0.3) is 6.08 Å². The Morgan fingerprint density at radius 1 is 1.05 bits per heavy atom. The lowest BCUT2D eigenvalue weighted by atomic mass is 10.2. The molecule has 2 heteroatoms. The van der Waals surface area contributed by atoms with E-state index in [1.54, 1.807) is 0 Å². The zero-order valence-corrected chi connectivity index (χ0v) is 13.8. The van der Waals surface area contributed by atoms with E-state index in [1.807, 2.05) is 18.2 Å². The molecule has 1 nitrogen and oxygen atoms in total. The predicted molar refractivity (Wildman–Crippen MR) is 87.8 cm³/mol. The van der Waals surface area contributed by atoms with Crippen molar-refractivity contribution in [3.8, 4) is 0 Å². The first-order valence-corrected chi connectivity index (χ1v) is 9.76. The van der Waals surface area contributed by atoms with E-state index in [2.05, 4.69) is 70.3 Å². The smallest absolute Gasteiger partial charge is 0.192 e. The van der Waals surface area contributed by atoms with E-state index < -0.39 is 8.32 Å². The normalized spacial score (nSPS) is 13.5. The van der Waals surface area contributed by atoms with E-state index in [1.165, 1.54) is 5.56 Å². The fourth-order valence-electron chi connectivity index (χ4n) is 1.34. The van der Waals surface area contributed by atoms with E-state index in [0.29, 0.717) is 6.61 Å². The van der Waals surface area contributed by atoms with Gasteiger partial charge < -0.3 is 4.43 Å². The molecule has 1 aromatic rings. The van der Waals surface area contributed by atoms with Gasteiger partial charge in [-0.25, -0.2) is 0 Å². The quantitative estimate of drug-likeness (QED) is 0.524. The third-order valence-corrected chi connectivity index (χ3v) is 8.18. The summed E-state index contributed by atoms with van der Waals surface area (Å²) in [5.74, 6) is 0. The van der Waals surface area contributed by atoms with Crippen LogP contribution in [0.15, 0.2) is 48.6 Å². The molecule has 0 N–H and O–H groups in total. The van der Waals surface area contributed by atoms with Gasteiger partial charge in [0, 0.05) is 0 Å². The molecular weight excluding hydrogens is 248 g/mol. The lowest BCUT2D eigenvalue weighted by Crippen LogP contribution is -2.40. The Morgan fingerprint density at radius 2 is 1.68 bits per heavy atom. The fraction of sp³-hybridized carbons (Fsp3) is 0.412. The molecule has 0 saturated carbocycles. The highest BCUT2D eigenvalue weighted by atomic mass is 28.4. The fourth-order valence-corrected chi connectivity index (χ4v) is 2.28. The Bertz CT molecular complexity index is 424.